The Morgan fingerprint density at radius 3 is 2.53 bits per heavy atom. The zero-order chi connectivity index (χ0) is 13.0. The van der Waals surface area contributed by atoms with Gasteiger partial charge in [-0.05, 0) is 6.42 Å². The highest BCUT2D eigenvalue weighted by Gasteiger charge is 2.20. The number of hydrogen-bond donors (Lipinski definition) is 2. The maximum absolute atomic E-state index is 13.6. The Labute approximate surface area is 97.4 Å². The summed E-state index contributed by atoms with van der Waals surface area (Å²) >= 11 is 0. The molecule has 0 aromatic heterocycles. The molecule has 1 aromatic rings. The summed E-state index contributed by atoms with van der Waals surface area (Å²) in [6, 6.07) is 1.08. The van der Waals surface area contributed by atoms with Gasteiger partial charge in [0.05, 0.1) is 14.2 Å². The molecule has 0 radical (unpaired) electrons. The fraction of sp³-hybridized carbons (Fsp3) is 0.364. The lowest BCUT2D eigenvalue weighted by atomic mass is 10.1. The predicted octanol–water partition coefficient (Wildman–Crippen LogP) is 1.57. The molecule has 0 aliphatic carbocycles. The monoisotopic (exact) mass is 244 g/mol. The highest BCUT2D eigenvalue weighted by molar-refractivity contribution is 5.67. The molecule has 0 spiro atoms. The molecule has 0 saturated heterocycles. The lowest BCUT2D eigenvalue weighted by Gasteiger charge is -2.14. The van der Waals surface area contributed by atoms with Crippen LogP contribution >= 0.6 is 0 Å². The van der Waals surface area contributed by atoms with Crippen molar-refractivity contribution in [1.29, 1.82) is 0 Å². The normalized spacial score (nSPS) is 10.1. The number of hydrogen-bond acceptors (Lipinski definition) is 4. The van der Waals surface area contributed by atoms with E-state index in [4.69, 9.17) is 14.6 Å². The zero-order valence-electron chi connectivity index (χ0n) is 9.49. The number of carboxylic acid groups (broad SMARTS) is 1. The number of benzene rings is 1. The van der Waals surface area contributed by atoms with Crippen LogP contribution in [-0.2, 0) is 11.2 Å². The van der Waals surface area contributed by atoms with Crippen molar-refractivity contribution >= 4 is 5.97 Å². The van der Waals surface area contributed by atoms with Gasteiger partial charge in [0, 0.05) is 18.1 Å². The smallest absolute Gasteiger partial charge is 0.303 e. The molecule has 0 atom stereocenters. The number of halogens is 1. The van der Waals surface area contributed by atoms with Gasteiger partial charge >= 0.3 is 5.97 Å². The van der Waals surface area contributed by atoms with Crippen molar-refractivity contribution < 1.29 is 28.9 Å². The van der Waals surface area contributed by atoms with Crippen molar-refractivity contribution in [3.05, 3.63) is 17.4 Å². The van der Waals surface area contributed by atoms with Gasteiger partial charge in [-0.1, -0.05) is 0 Å². The van der Waals surface area contributed by atoms with Gasteiger partial charge in [-0.25, -0.2) is 4.39 Å². The van der Waals surface area contributed by atoms with Crippen molar-refractivity contribution in [2.24, 2.45) is 0 Å². The Bertz CT molecular complexity index is 430. The molecule has 0 aliphatic rings. The summed E-state index contributed by atoms with van der Waals surface area (Å²) in [5.41, 5.74) is -0.00764. The van der Waals surface area contributed by atoms with Gasteiger partial charge in [-0.15, -0.1) is 0 Å². The summed E-state index contributed by atoms with van der Waals surface area (Å²) in [6.07, 6.45) is -0.352. The molecule has 0 amide bonds. The Hall–Kier alpha value is -1.98. The molecule has 2 N–H and O–H groups in total. The zero-order valence-corrected chi connectivity index (χ0v) is 9.49. The van der Waals surface area contributed by atoms with E-state index in [2.05, 4.69) is 0 Å². The Morgan fingerprint density at radius 2 is 2.06 bits per heavy atom. The molecular formula is C11H13FO5. The van der Waals surface area contributed by atoms with Crippen molar-refractivity contribution in [2.45, 2.75) is 12.8 Å². The molecule has 1 aromatic carbocycles. The van der Waals surface area contributed by atoms with Gasteiger partial charge in [-0.3, -0.25) is 4.79 Å². The van der Waals surface area contributed by atoms with Crippen LogP contribution in [0.4, 0.5) is 4.39 Å². The van der Waals surface area contributed by atoms with Crippen LogP contribution in [0.2, 0.25) is 0 Å². The van der Waals surface area contributed by atoms with Crippen LogP contribution in [-0.4, -0.2) is 30.4 Å². The van der Waals surface area contributed by atoms with E-state index in [0.717, 1.165) is 6.07 Å². The molecule has 5 nitrogen and oxygen atoms in total. The Balaban J connectivity index is 3.22. The van der Waals surface area contributed by atoms with Gasteiger partial charge in [-0.2, -0.15) is 0 Å². The minimum absolute atomic E-state index is 0.00764. The number of phenolic OH excluding ortho intramolecular Hbond substituents is 1. The van der Waals surface area contributed by atoms with Crippen LogP contribution < -0.4 is 9.47 Å². The van der Waals surface area contributed by atoms with Crippen molar-refractivity contribution in [1.82, 2.24) is 0 Å². The second-order valence-corrected chi connectivity index (χ2v) is 3.32. The SMILES string of the molecule is COc1cc(O)c(F)c(CCC(=O)O)c1OC. The molecule has 0 heterocycles. The van der Waals surface area contributed by atoms with Gasteiger partial charge in [0.2, 0.25) is 0 Å². The van der Waals surface area contributed by atoms with E-state index < -0.39 is 17.5 Å². The van der Waals surface area contributed by atoms with Gasteiger partial charge < -0.3 is 19.7 Å². The maximum atomic E-state index is 13.6. The molecule has 94 valence electrons. The Morgan fingerprint density at radius 1 is 1.41 bits per heavy atom. The molecule has 0 saturated carbocycles. The molecule has 1 rings (SSSR count). The van der Waals surface area contributed by atoms with Crippen LogP contribution in [0.5, 0.6) is 17.2 Å². The van der Waals surface area contributed by atoms with E-state index in [0.29, 0.717) is 0 Å². The first-order valence-electron chi connectivity index (χ1n) is 4.85. The largest absolute Gasteiger partial charge is 0.505 e. The lowest BCUT2D eigenvalue weighted by Crippen LogP contribution is -2.03. The number of ether oxygens (including phenoxy) is 2. The minimum atomic E-state index is -1.06. The van der Waals surface area contributed by atoms with Crippen LogP contribution in [0.25, 0.3) is 0 Å². The first kappa shape index (κ1) is 13.1. The second kappa shape index (κ2) is 5.38. The lowest BCUT2D eigenvalue weighted by molar-refractivity contribution is -0.136. The van der Waals surface area contributed by atoms with E-state index in [-0.39, 0.29) is 29.9 Å². The fourth-order valence-electron chi connectivity index (χ4n) is 1.49. The van der Waals surface area contributed by atoms with Gasteiger partial charge in [0.15, 0.2) is 23.1 Å². The van der Waals surface area contributed by atoms with E-state index in [1.807, 2.05) is 0 Å². The number of rotatable bonds is 5. The van der Waals surface area contributed by atoms with Crippen LogP contribution in [0.3, 0.4) is 0 Å². The maximum Gasteiger partial charge on any atom is 0.303 e. The predicted molar refractivity (Wildman–Crippen MR) is 57.1 cm³/mol. The summed E-state index contributed by atoms with van der Waals surface area (Å²) in [5.74, 6) is -2.28. The number of carboxylic acids is 1. The highest BCUT2D eigenvalue weighted by atomic mass is 19.1. The third-order valence-corrected chi connectivity index (χ3v) is 2.27. The van der Waals surface area contributed by atoms with Crippen molar-refractivity contribution in [3.63, 3.8) is 0 Å². The third-order valence-electron chi connectivity index (χ3n) is 2.27. The van der Waals surface area contributed by atoms with Gasteiger partial charge in [0.25, 0.3) is 0 Å². The summed E-state index contributed by atoms with van der Waals surface area (Å²) < 4.78 is 23.5. The summed E-state index contributed by atoms with van der Waals surface area (Å²) in [7, 11) is 2.66. The standard InChI is InChI=1S/C11H13FO5/c1-16-8-5-7(13)10(12)6(11(8)17-2)3-4-9(14)15/h5,13H,3-4H2,1-2H3,(H,14,15). The molecule has 6 heteroatoms. The average molecular weight is 244 g/mol. The summed E-state index contributed by atoms with van der Waals surface area (Å²) in [6.45, 7) is 0. The number of methoxy groups -OCH3 is 2. The van der Waals surface area contributed by atoms with Crippen molar-refractivity contribution in [3.8, 4) is 17.2 Å². The van der Waals surface area contributed by atoms with Crippen molar-refractivity contribution in [2.75, 3.05) is 14.2 Å². The average Bonchev–Trinajstić information content (AvgIpc) is 2.29. The summed E-state index contributed by atoms with van der Waals surface area (Å²) in [5, 5.41) is 17.9. The van der Waals surface area contributed by atoms with E-state index in [1.165, 1.54) is 14.2 Å². The van der Waals surface area contributed by atoms with E-state index >= 15 is 0 Å². The number of phenols is 1. The van der Waals surface area contributed by atoms with Crippen LogP contribution in [0, 0.1) is 5.82 Å². The molecule has 0 bridgehead atoms. The van der Waals surface area contributed by atoms with Crippen LogP contribution in [0.1, 0.15) is 12.0 Å². The summed E-state index contributed by atoms with van der Waals surface area (Å²) in [4.78, 5) is 10.5. The quantitative estimate of drug-likeness (QED) is 0.822. The molecular weight excluding hydrogens is 231 g/mol. The molecule has 0 unspecified atom stereocenters. The third kappa shape index (κ3) is 2.77. The highest BCUT2D eigenvalue weighted by Crippen LogP contribution is 2.38. The van der Waals surface area contributed by atoms with Gasteiger partial charge in [0.1, 0.15) is 0 Å². The first-order chi connectivity index (χ1) is 8.01. The second-order valence-electron chi connectivity index (χ2n) is 3.32. The molecule has 0 fully saturated rings. The van der Waals surface area contributed by atoms with E-state index in [9.17, 15) is 14.3 Å². The van der Waals surface area contributed by atoms with Crippen LogP contribution in [0.15, 0.2) is 6.07 Å². The first-order valence-corrected chi connectivity index (χ1v) is 4.85. The Kier molecular flexibility index (Phi) is 4.14. The minimum Gasteiger partial charge on any atom is -0.505 e. The topological polar surface area (TPSA) is 76.0 Å². The fourth-order valence-corrected chi connectivity index (χ4v) is 1.49. The number of aliphatic carboxylic acids is 1. The van der Waals surface area contributed by atoms with E-state index in [1.54, 1.807) is 0 Å². The number of carbonyl (C=O) groups is 1. The number of aromatic hydroxyl groups is 1. The molecule has 0 aliphatic heterocycles. The molecule has 17 heavy (non-hydrogen) atoms.